The van der Waals surface area contributed by atoms with E-state index < -0.39 is 0 Å². The molecule has 5 heteroatoms. The molecule has 0 aliphatic carbocycles. The molecule has 0 aromatic carbocycles. The molecule has 0 spiro atoms. The van der Waals surface area contributed by atoms with Crippen LogP contribution in [0.5, 0.6) is 0 Å². The number of nitrogens with one attached hydrogen (secondary N) is 1. The second-order valence-corrected chi connectivity index (χ2v) is 4.94. The van der Waals surface area contributed by atoms with Crippen LogP contribution in [0.25, 0.3) is 0 Å². The second kappa shape index (κ2) is 4.53. The number of nitrogens with zero attached hydrogens (tertiary/aromatic N) is 4. The number of anilines is 1. The van der Waals surface area contributed by atoms with Gasteiger partial charge in [-0.3, -0.25) is 4.68 Å². The number of hydrogen-bond donors (Lipinski definition) is 1. The van der Waals surface area contributed by atoms with E-state index in [1.54, 1.807) is 12.4 Å². The Hall–Kier alpha value is -1.91. The van der Waals surface area contributed by atoms with E-state index in [2.05, 4.69) is 47.4 Å². The van der Waals surface area contributed by atoms with Gasteiger partial charge in [0.25, 0.3) is 0 Å². The molecule has 2 aromatic rings. The zero-order valence-corrected chi connectivity index (χ0v) is 10.4. The van der Waals surface area contributed by atoms with Gasteiger partial charge in [-0.15, -0.1) is 0 Å². The van der Waals surface area contributed by atoms with Crippen molar-refractivity contribution in [3.8, 4) is 0 Å². The van der Waals surface area contributed by atoms with E-state index in [0.29, 0.717) is 0 Å². The first-order chi connectivity index (χ1) is 8.05. The fraction of sp³-hybridized carbons (Fsp3) is 0.417. The van der Waals surface area contributed by atoms with Crippen molar-refractivity contribution in [2.45, 2.75) is 32.9 Å². The number of rotatable bonds is 3. The molecule has 0 amide bonds. The molecule has 1 N–H and O–H groups in total. The van der Waals surface area contributed by atoms with Crippen molar-refractivity contribution in [3.05, 3.63) is 36.7 Å². The van der Waals surface area contributed by atoms with E-state index in [1.807, 2.05) is 10.9 Å². The summed E-state index contributed by atoms with van der Waals surface area (Å²) in [7, 11) is 0. The fourth-order valence-electron chi connectivity index (χ4n) is 1.41. The third kappa shape index (κ3) is 3.03. The molecule has 2 aromatic heterocycles. The zero-order valence-electron chi connectivity index (χ0n) is 10.4. The van der Waals surface area contributed by atoms with Gasteiger partial charge in [0.2, 0.25) is 0 Å². The summed E-state index contributed by atoms with van der Waals surface area (Å²) in [6, 6.07) is 0. The molecule has 0 unspecified atom stereocenters. The molecular formula is C12H17N5. The molecule has 0 saturated heterocycles. The Morgan fingerprint density at radius 3 is 2.47 bits per heavy atom. The van der Waals surface area contributed by atoms with Crippen LogP contribution in [0.4, 0.5) is 5.69 Å². The lowest BCUT2D eigenvalue weighted by Gasteiger charge is -2.18. The van der Waals surface area contributed by atoms with Gasteiger partial charge < -0.3 is 5.32 Å². The average molecular weight is 231 g/mol. The summed E-state index contributed by atoms with van der Waals surface area (Å²) in [4.78, 5) is 7.89. The highest BCUT2D eigenvalue weighted by atomic mass is 15.3. The highest BCUT2D eigenvalue weighted by molar-refractivity contribution is 5.37. The molecule has 2 rings (SSSR count). The van der Waals surface area contributed by atoms with Gasteiger partial charge in [0.1, 0.15) is 6.33 Å². The van der Waals surface area contributed by atoms with Crippen LogP contribution in [-0.4, -0.2) is 19.7 Å². The van der Waals surface area contributed by atoms with Gasteiger partial charge in [-0.1, -0.05) is 0 Å². The SMILES string of the molecule is CC(C)(C)n1cc(CNc2cncnc2)cn1. The van der Waals surface area contributed by atoms with Gasteiger partial charge in [0.05, 0.1) is 29.8 Å². The Kier molecular flexibility index (Phi) is 3.08. The average Bonchev–Trinajstić information content (AvgIpc) is 2.76. The third-order valence-corrected chi connectivity index (χ3v) is 2.38. The number of aromatic nitrogens is 4. The monoisotopic (exact) mass is 231 g/mol. The Morgan fingerprint density at radius 2 is 1.88 bits per heavy atom. The van der Waals surface area contributed by atoms with Gasteiger partial charge in [-0.2, -0.15) is 5.10 Å². The first kappa shape index (κ1) is 11.6. The highest BCUT2D eigenvalue weighted by Gasteiger charge is 2.13. The predicted molar refractivity (Wildman–Crippen MR) is 66.6 cm³/mol. The quantitative estimate of drug-likeness (QED) is 0.878. The molecular weight excluding hydrogens is 214 g/mol. The molecule has 0 fully saturated rings. The van der Waals surface area contributed by atoms with E-state index in [1.165, 1.54) is 6.33 Å². The summed E-state index contributed by atoms with van der Waals surface area (Å²) in [6.45, 7) is 7.11. The minimum atomic E-state index is 0.0219. The molecule has 0 aliphatic heterocycles. The van der Waals surface area contributed by atoms with E-state index in [4.69, 9.17) is 0 Å². The smallest absolute Gasteiger partial charge is 0.115 e. The van der Waals surface area contributed by atoms with Crippen molar-refractivity contribution in [2.24, 2.45) is 0 Å². The van der Waals surface area contributed by atoms with Crippen LogP contribution >= 0.6 is 0 Å². The van der Waals surface area contributed by atoms with E-state index in [0.717, 1.165) is 17.8 Å². The van der Waals surface area contributed by atoms with Crippen LogP contribution < -0.4 is 5.32 Å². The van der Waals surface area contributed by atoms with Crippen LogP contribution in [0.15, 0.2) is 31.1 Å². The topological polar surface area (TPSA) is 55.6 Å². The molecule has 0 radical (unpaired) electrons. The molecule has 0 saturated carbocycles. The Balaban J connectivity index is 1.99. The molecule has 0 bridgehead atoms. The van der Waals surface area contributed by atoms with Gasteiger partial charge in [0.15, 0.2) is 0 Å². The van der Waals surface area contributed by atoms with Crippen molar-refractivity contribution in [2.75, 3.05) is 5.32 Å². The molecule has 17 heavy (non-hydrogen) atoms. The lowest BCUT2D eigenvalue weighted by molar-refractivity contribution is 0.355. The van der Waals surface area contributed by atoms with Gasteiger partial charge in [0, 0.05) is 18.3 Å². The van der Waals surface area contributed by atoms with Gasteiger partial charge in [-0.25, -0.2) is 9.97 Å². The third-order valence-electron chi connectivity index (χ3n) is 2.38. The maximum atomic E-state index is 4.35. The highest BCUT2D eigenvalue weighted by Crippen LogP contribution is 2.13. The summed E-state index contributed by atoms with van der Waals surface area (Å²) >= 11 is 0. The normalized spacial score (nSPS) is 11.5. The molecule has 90 valence electrons. The fourth-order valence-corrected chi connectivity index (χ4v) is 1.41. The minimum Gasteiger partial charge on any atom is -0.378 e. The molecule has 0 aliphatic rings. The molecule has 5 nitrogen and oxygen atoms in total. The summed E-state index contributed by atoms with van der Waals surface area (Å²) in [6.07, 6.45) is 8.95. The summed E-state index contributed by atoms with van der Waals surface area (Å²) in [5.74, 6) is 0. The maximum absolute atomic E-state index is 4.35. The van der Waals surface area contributed by atoms with Crippen LogP contribution in [0.2, 0.25) is 0 Å². The summed E-state index contributed by atoms with van der Waals surface area (Å²) in [5.41, 5.74) is 2.08. The summed E-state index contributed by atoms with van der Waals surface area (Å²) < 4.78 is 1.96. The number of hydrogen-bond acceptors (Lipinski definition) is 4. The van der Waals surface area contributed by atoms with Crippen molar-refractivity contribution in [1.82, 2.24) is 19.7 Å². The largest absolute Gasteiger partial charge is 0.378 e. The Morgan fingerprint density at radius 1 is 1.18 bits per heavy atom. The van der Waals surface area contributed by atoms with E-state index in [-0.39, 0.29) is 5.54 Å². The predicted octanol–water partition coefficient (Wildman–Crippen LogP) is 2.04. The van der Waals surface area contributed by atoms with Crippen molar-refractivity contribution < 1.29 is 0 Å². The van der Waals surface area contributed by atoms with Gasteiger partial charge >= 0.3 is 0 Å². The lowest BCUT2D eigenvalue weighted by Crippen LogP contribution is -2.21. The van der Waals surface area contributed by atoms with Crippen LogP contribution in [0.3, 0.4) is 0 Å². The van der Waals surface area contributed by atoms with Crippen molar-refractivity contribution >= 4 is 5.69 Å². The zero-order chi connectivity index (χ0) is 12.3. The van der Waals surface area contributed by atoms with Crippen LogP contribution in [-0.2, 0) is 12.1 Å². The van der Waals surface area contributed by atoms with Crippen LogP contribution in [0, 0.1) is 0 Å². The van der Waals surface area contributed by atoms with Crippen molar-refractivity contribution in [3.63, 3.8) is 0 Å². The van der Waals surface area contributed by atoms with E-state index in [9.17, 15) is 0 Å². The van der Waals surface area contributed by atoms with Crippen molar-refractivity contribution in [1.29, 1.82) is 0 Å². The standard InChI is InChI=1S/C12H17N5/c1-12(2,3)17-8-10(5-16-17)4-15-11-6-13-9-14-7-11/h5-9,15H,4H2,1-3H3. The first-order valence-electron chi connectivity index (χ1n) is 5.58. The maximum Gasteiger partial charge on any atom is 0.115 e. The molecule has 2 heterocycles. The van der Waals surface area contributed by atoms with Crippen LogP contribution in [0.1, 0.15) is 26.3 Å². The Labute approximate surface area is 101 Å². The lowest BCUT2D eigenvalue weighted by atomic mass is 10.1. The summed E-state index contributed by atoms with van der Waals surface area (Å²) in [5, 5.41) is 7.59. The Bertz CT molecular complexity index is 469. The second-order valence-electron chi connectivity index (χ2n) is 4.94. The minimum absolute atomic E-state index is 0.0219. The first-order valence-corrected chi connectivity index (χ1v) is 5.58. The van der Waals surface area contributed by atoms with Gasteiger partial charge in [-0.05, 0) is 20.8 Å². The molecule has 0 atom stereocenters. The van der Waals surface area contributed by atoms with E-state index >= 15 is 0 Å².